The molecule has 9 heteroatoms. The number of hydrogen-bond acceptors (Lipinski definition) is 6. The first-order valence-electron chi connectivity index (χ1n) is 11.6. The molecule has 0 aliphatic rings. The Bertz CT molecular complexity index is 1340. The Hall–Kier alpha value is -3.72. The zero-order valence-electron chi connectivity index (χ0n) is 20.2. The quantitative estimate of drug-likeness (QED) is 0.288. The van der Waals surface area contributed by atoms with Gasteiger partial charge in [-0.1, -0.05) is 19.6 Å². The van der Waals surface area contributed by atoms with Gasteiger partial charge in [0.05, 0.1) is 27.0 Å². The van der Waals surface area contributed by atoms with Crippen LogP contribution in [0, 0.1) is 6.92 Å². The third kappa shape index (κ3) is 5.35. The maximum atomic E-state index is 13.2. The molecule has 0 aliphatic heterocycles. The van der Waals surface area contributed by atoms with Crippen LogP contribution in [0.1, 0.15) is 47.5 Å². The Morgan fingerprint density at radius 3 is 2.86 bits per heavy atom. The molecule has 1 N–H and O–H groups in total. The Morgan fingerprint density at radius 1 is 1.31 bits per heavy atom. The van der Waals surface area contributed by atoms with Crippen LogP contribution in [0.3, 0.4) is 0 Å². The van der Waals surface area contributed by atoms with Gasteiger partial charge in [0.2, 0.25) is 11.9 Å². The van der Waals surface area contributed by atoms with Crippen LogP contribution in [0.25, 0.3) is 21.7 Å². The van der Waals surface area contributed by atoms with Crippen molar-refractivity contribution in [2.24, 2.45) is 0 Å². The summed E-state index contributed by atoms with van der Waals surface area (Å²) < 4.78 is 7.46. The van der Waals surface area contributed by atoms with Gasteiger partial charge in [-0.15, -0.1) is 11.3 Å². The van der Waals surface area contributed by atoms with Gasteiger partial charge in [0.25, 0.3) is 5.91 Å². The van der Waals surface area contributed by atoms with Gasteiger partial charge >= 0.3 is 0 Å². The van der Waals surface area contributed by atoms with Crippen LogP contribution in [0.4, 0.5) is 5.95 Å². The smallest absolute Gasteiger partial charge is 0.268 e. The average Bonchev–Trinajstić information content (AvgIpc) is 3.60. The highest BCUT2D eigenvalue weighted by molar-refractivity contribution is 7.17. The number of nitrogens with zero attached hydrogens (tertiary/aromatic N) is 4. The summed E-state index contributed by atoms with van der Waals surface area (Å²) in [6, 6.07) is 9.87. The van der Waals surface area contributed by atoms with E-state index in [9.17, 15) is 9.59 Å². The first-order chi connectivity index (χ1) is 16.9. The molecule has 3 aromatic heterocycles. The fourth-order valence-electron chi connectivity index (χ4n) is 4.11. The van der Waals surface area contributed by atoms with E-state index in [-0.39, 0.29) is 17.9 Å². The first-order valence-corrected chi connectivity index (χ1v) is 12.4. The fourth-order valence-corrected chi connectivity index (χ4v) is 4.96. The molecule has 182 valence electrons. The highest BCUT2D eigenvalue weighted by atomic mass is 32.1. The Labute approximate surface area is 208 Å². The molecule has 4 aromatic rings. The number of nitrogens with one attached hydrogen (secondary N) is 1. The minimum atomic E-state index is -0.222. The largest absolute Gasteiger partial charge is 0.443 e. The number of benzene rings is 1. The van der Waals surface area contributed by atoms with Gasteiger partial charge in [0, 0.05) is 19.6 Å². The number of carbonyl (C=O) groups excluding carboxylic acids is 2. The normalized spacial score (nSPS) is 12.0. The van der Waals surface area contributed by atoms with Crippen LogP contribution in [-0.2, 0) is 4.79 Å². The molecule has 0 bridgehead atoms. The molecule has 0 aliphatic carbocycles. The molecule has 1 aromatic carbocycles. The second kappa shape index (κ2) is 10.7. The number of thiophene rings is 1. The standard InChI is InChI=1S/C26H29N5O3S/c1-5-18(8-7-13-30(4)24(32)6-2)31-20-10-9-17(3)14-19(20)28-26(31)29-25(33)23-12-11-22(35-23)21-15-27-16-34-21/h6,9-12,14-16,18H,2,5,7-8,13H2,1,3-4H3,(H,28,29,33). The van der Waals surface area contributed by atoms with Crippen LogP contribution in [0.15, 0.2) is 60.0 Å². The van der Waals surface area contributed by atoms with E-state index in [1.807, 2.05) is 19.1 Å². The molecule has 0 saturated carbocycles. The van der Waals surface area contributed by atoms with Crippen molar-refractivity contribution < 1.29 is 14.0 Å². The lowest BCUT2D eigenvalue weighted by molar-refractivity contribution is -0.124. The number of fused-ring (bicyclic) bond motifs is 1. The number of amides is 2. The highest BCUT2D eigenvalue weighted by Gasteiger charge is 2.21. The van der Waals surface area contributed by atoms with Crippen molar-refractivity contribution in [1.29, 1.82) is 0 Å². The third-order valence-electron chi connectivity index (χ3n) is 5.99. The first kappa shape index (κ1) is 24.4. The number of aryl methyl sites for hydroxylation is 1. The maximum absolute atomic E-state index is 13.2. The second-order valence-electron chi connectivity index (χ2n) is 8.45. The zero-order valence-corrected chi connectivity index (χ0v) is 21.0. The number of anilines is 1. The summed E-state index contributed by atoms with van der Waals surface area (Å²) in [6.45, 7) is 8.33. The Kier molecular flexibility index (Phi) is 7.45. The van der Waals surface area contributed by atoms with Crippen molar-refractivity contribution in [2.75, 3.05) is 18.9 Å². The molecule has 35 heavy (non-hydrogen) atoms. The van der Waals surface area contributed by atoms with Gasteiger partial charge in [-0.05, 0) is 62.1 Å². The molecule has 0 spiro atoms. The predicted molar refractivity (Wildman–Crippen MR) is 139 cm³/mol. The minimum absolute atomic E-state index is 0.0878. The summed E-state index contributed by atoms with van der Waals surface area (Å²) in [5.41, 5.74) is 2.92. The van der Waals surface area contributed by atoms with E-state index >= 15 is 0 Å². The molecular weight excluding hydrogens is 462 g/mol. The number of carbonyl (C=O) groups is 2. The van der Waals surface area contributed by atoms with Crippen molar-refractivity contribution >= 4 is 40.1 Å². The monoisotopic (exact) mass is 491 g/mol. The topological polar surface area (TPSA) is 93.3 Å². The predicted octanol–water partition coefficient (Wildman–Crippen LogP) is 5.69. The summed E-state index contributed by atoms with van der Waals surface area (Å²) >= 11 is 1.34. The lowest BCUT2D eigenvalue weighted by Crippen LogP contribution is -2.26. The van der Waals surface area contributed by atoms with E-state index in [2.05, 4.69) is 40.5 Å². The van der Waals surface area contributed by atoms with Crippen LogP contribution >= 0.6 is 11.3 Å². The summed E-state index contributed by atoms with van der Waals surface area (Å²) in [5.74, 6) is 0.839. The summed E-state index contributed by atoms with van der Waals surface area (Å²) in [4.78, 5) is 36.8. The number of likely N-dealkylation sites (N-methyl/N-ethyl adjacent to an activating group) is 1. The number of aromatic nitrogens is 3. The van der Waals surface area contributed by atoms with Crippen LogP contribution in [-0.4, -0.2) is 44.8 Å². The third-order valence-corrected chi connectivity index (χ3v) is 7.09. The molecular formula is C26H29N5O3S. The number of rotatable bonds is 10. The van der Waals surface area contributed by atoms with Gasteiger partial charge in [-0.3, -0.25) is 14.9 Å². The van der Waals surface area contributed by atoms with Gasteiger partial charge in [-0.25, -0.2) is 9.97 Å². The SMILES string of the molecule is C=CC(=O)N(C)CCCC(CC)n1c(NC(=O)c2ccc(-c3cnco3)s2)nc2cc(C)ccc21. The molecule has 1 unspecified atom stereocenters. The molecule has 2 amide bonds. The number of hydrogen-bond donors (Lipinski definition) is 1. The average molecular weight is 492 g/mol. The molecule has 3 heterocycles. The Morgan fingerprint density at radius 2 is 2.14 bits per heavy atom. The van der Waals surface area contributed by atoms with Crippen LogP contribution in [0.2, 0.25) is 0 Å². The Balaban J connectivity index is 1.59. The molecule has 0 fully saturated rings. The van der Waals surface area contributed by atoms with Crippen LogP contribution in [0.5, 0.6) is 0 Å². The van der Waals surface area contributed by atoms with E-state index in [1.54, 1.807) is 24.2 Å². The van der Waals surface area contributed by atoms with E-state index in [0.717, 1.165) is 40.7 Å². The van der Waals surface area contributed by atoms with Gasteiger partial charge in [0.1, 0.15) is 0 Å². The van der Waals surface area contributed by atoms with Crippen molar-refractivity contribution in [1.82, 2.24) is 19.4 Å². The van der Waals surface area contributed by atoms with Crippen molar-refractivity contribution in [3.05, 3.63) is 66.0 Å². The zero-order chi connectivity index (χ0) is 24.9. The number of imidazole rings is 1. The van der Waals surface area contributed by atoms with Gasteiger partial charge in [0.15, 0.2) is 12.2 Å². The molecule has 0 radical (unpaired) electrons. The van der Waals surface area contributed by atoms with Crippen molar-refractivity contribution in [3.63, 3.8) is 0 Å². The molecule has 0 saturated heterocycles. The van der Waals surface area contributed by atoms with E-state index in [4.69, 9.17) is 9.40 Å². The maximum Gasteiger partial charge on any atom is 0.268 e. The van der Waals surface area contributed by atoms with Gasteiger partial charge < -0.3 is 13.9 Å². The highest BCUT2D eigenvalue weighted by Crippen LogP contribution is 2.32. The summed E-state index contributed by atoms with van der Waals surface area (Å²) in [6.07, 6.45) is 6.84. The van der Waals surface area contributed by atoms with E-state index < -0.39 is 0 Å². The van der Waals surface area contributed by atoms with Crippen LogP contribution < -0.4 is 5.32 Å². The van der Waals surface area contributed by atoms with Crippen molar-refractivity contribution in [2.45, 2.75) is 39.2 Å². The molecule has 4 rings (SSSR count). The van der Waals surface area contributed by atoms with E-state index in [0.29, 0.717) is 23.1 Å². The summed E-state index contributed by atoms with van der Waals surface area (Å²) in [5, 5.41) is 3.03. The molecule has 1 atom stereocenters. The second-order valence-corrected chi connectivity index (χ2v) is 9.53. The summed E-state index contributed by atoms with van der Waals surface area (Å²) in [7, 11) is 1.78. The number of oxazole rings is 1. The lowest BCUT2D eigenvalue weighted by Gasteiger charge is -2.22. The fraction of sp³-hybridized carbons (Fsp3) is 0.308. The van der Waals surface area contributed by atoms with Crippen molar-refractivity contribution in [3.8, 4) is 10.6 Å². The lowest BCUT2D eigenvalue weighted by atomic mass is 10.1. The minimum Gasteiger partial charge on any atom is -0.443 e. The molecule has 8 nitrogen and oxygen atoms in total. The van der Waals surface area contributed by atoms with E-state index in [1.165, 1.54) is 23.8 Å². The van der Waals surface area contributed by atoms with Gasteiger partial charge in [-0.2, -0.15) is 0 Å².